The van der Waals surface area contributed by atoms with Crippen LogP contribution in [0.4, 0.5) is 0 Å². The predicted molar refractivity (Wildman–Crippen MR) is 148 cm³/mol. The number of nitriles is 1. The maximum absolute atomic E-state index is 13.5. The van der Waals surface area contributed by atoms with Crippen LogP contribution in [0.5, 0.6) is 0 Å². The number of halogens is 1. The van der Waals surface area contributed by atoms with Crippen LogP contribution >= 0.6 is 11.6 Å². The van der Waals surface area contributed by atoms with Gasteiger partial charge >= 0.3 is 0 Å². The van der Waals surface area contributed by atoms with Gasteiger partial charge in [-0.3, -0.25) is 4.79 Å². The van der Waals surface area contributed by atoms with Crippen molar-refractivity contribution in [3.63, 3.8) is 0 Å². The Morgan fingerprint density at radius 1 is 0.889 bits per heavy atom. The van der Waals surface area contributed by atoms with Crippen LogP contribution in [-0.2, 0) is 23.8 Å². The minimum absolute atomic E-state index is 0.108. The summed E-state index contributed by atoms with van der Waals surface area (Å²) in [6, 6.07) is 31.6. The quantitative estimate of drug-likeness (QED) is 0.242. The van der Waals surface area contributed by atoms with Gasteiger partial charge in [0.1, 0.15) is 0 Å². The smallest absolute Gasteiger partial charge is 0.255 e. The number of benzene rings is 4. The Morgan fingerprint density at radius 2 is 1.47 bits per heavy atom. The molecule has 0 saturated heterocycles. The fourth-order valence-corrected chi connectivity index (χ4v) is 5.22. The first kappa shape index (κ1) is 25.4. The molecule has 0 fully saturated rings. The zero-order valence-electron chi connectivity index (χ0n) is 20.2. The van der Waals surface area contributed by atoms with Gasteiger partial charge in [-0.1, -0.05) is 107 Å². The summed E-state index contributed by atoms with van der Waals surface area (Å²) in [4.78, 5) is 16.4. The van der Waals surface area contributed by atoms with Crippen molar-refractivity contribution < 1.29 is 4.79 Å². The molecule has 1 amide bonds. The van der Waals surface area contributed by atoms with E-state index in [1.54, 1.807) is 12.1 Å². The molecular formula is C30H26ClN3OS. The number of carbonyl (C=O) groups is 1. The van der Waals surface area contributed by atoms with Gasteiger partial charge in [-0.2, -0.15) is 5.26 Å². The maximum atomic E-state index is 13.5. The Kier molecular flexibility index (Phi) is 8.32. The highest BCUT2D eigenvalue weighted by molar-refractivity contribution is 7.86. The van der Waals surface area contributed by atoms with Crippen molar-refractivity contribution >= 4 is 28.2 Å². The van der Waals surface area contributed by atoms with E-state index in [2.05, 4.69) is 40.8 Å². The lowest BCUT2D eigenvalue weighted by Crippen LogP contribution is -2.30. The molecule has 0 N–H and O–H groups in total. The summed E-state index contributed by atoms with van der Waals surface area (Å²) in [5.74, 6) is -0.108. The summed E-state index contributed by atoms with van der Waals surface area (Å²) in [7, 11) is -0.516. The molecule has 0 heterocycles. The maximum Gasteiger partial charge on any atom is 0.255 e. The van der Waals surface area contributed by atoms with Crippen molar-refractivity contribution in [1.82, 2.24) is 4.90 Å². The molecule has 6 heteroatoms. The van der Waals surface area contributed by atoms with Crippen molar-refractivity contribution in [1.29, 1.82) is 5.26 Å². The van der Waals surface area contributed by atoms with Crippen LogP contribution in [-0.4, -0.2) is 17.1 Å². The van der Waals surface area contributed by atoms with Crippen molar-refractivity contribution in [2.45, 2.75) is 24.9 Å². The highest BCUT2D eigenvalue weighted by atomic mass is 35.5. The Labute approximate surface area is 219 Å². The minimum atomic E-state index is -0.516. The third kappa shape index (κ3) is 6.09. The van der Waals surface area contributed by atoms with E-state index in [9.17, 15) is 4.79 Å². The monoisotopic (exact) mass is 511 g/mol. The van der Waals surface area contributed by atoms with E-state index >= 15 is 0 Å². The van der Waals surface area contributed by atoms with Crippen LogP contribution in [0.3, 0.4) is 0 Å². The van der Waals surface area contributed by atoms with E-state index in [-0.39, 0.29) is 5.91 Å². The van der Waals surface area contributed by atoms with Gasteiger partial charge in [-0.15, -0.1) is 4.36 Å². The SMILES string of the molecule is Cc1ccc(CN(Cc2ccc(-c3ccccc3S(C)=NC#N)cc2)C(=O)c2ccccc2Cl)cc1. The number of hydrogen-bond donors (Lipinski definition) is 0. The first-order valence-corrected chi connectivity index (χ1v) is 13.5. The second-order valence-corrected chi connectivity index (χ2v) is 10.5. The molecule has 4 aromatic rings. The molecule has 4 rings (SSSR count). The van der Waals surface area contributed by atoms with E-state index in [1.807, 2.05) is 72.8 Å². The minimum Gasteiger partial charge on any atom is -0.330 e. The molecule has 0 radical (unpaired) electrons. The molecule has 0 aromatic heterocycles. The Hall–Kier alpha value is -3.72. The van der Waals surface area contributed by atoms with Gasteiger partial charge in [0.25, 0.3) is 5.91 Å². The molecule has 0 aliphatic rings. The van der Waals surface area contributed by atoms with Gasteiger partial charge in [-0.05, 0) is 53.6 Å². The molecule has 0 aliphatic heterocycles. The van der Waals surface area contributed by atoms with E-state index in [4.69, 9.17) is 16.9 Å². The van der Waals surface area contributed by atoms with Crippen LogP contribution < -0.4 is 0 Å². The van der Waals surface area contributed by atoms with Gasteiger partial charge in [-0.25, -0.2) is 0 Å². The summed E-state index contributed by atoms with van der Waals surface area (Å²) < 4.78 is 4.02. The molecule has 180 valence electrons. The van der Waals surface area contributed by atoms with Gasteiger partial charge < -0.3 is 4.90 Å². The first-order valence-electron chi connectivity index (χ1n) is 11.5. The third-order valence-electron chi connectivity index (χ3n) is 5.91. The van der Waals surface area contributed by atoms with E-state index in [0.29, 0.717) is 23.7 Å². The lowest BCUT2D eigenvalue weighted by Gasteiger charge is -2.24. The average molecular weight is 512 g/mol. The number of rotatable bonds is 7. The Morgan fingerprint density at radius 3 is 2.11 bits per heavy atom. The van der Waals surface area contributed by atoms with Crippen molar-refractivity contribution in [2.24, 2.45) is 4.36 Å². The predicted octanol–water partition coefficient (Wildman–Crippen LogP) is 7.43. The summed E-state index contributed by atoms with van der Waals surface area (Å²) in [5, 5.41) is 9.44. The van der Waals surface area contributed by atoms with Gasteiger partial charge in [0.05, 0.1) is 10.6 Å². The Bertz CT molecular complexity index is 1440. The van der Waals surface area contributed by atoms with Crippen LogP contribution in [0.15, 0.2) is 106 Å². The fraction of sp³-hybridized carbons (Fsp3) is 0.133. The summed E-state index contributed by atoms with van der Waals surface area (Å²) in [5.41, 5.74) is 5.84. The normalized spacial score (nSPS) is 11.6. The summed E-state index contributed by atoms with van der Waals surface area (Å²) in [6.07, 6.45) is 3.86. The standard InChI is InChI=1S/C30H26ClN3OS/c1-22-11-13-23(14-12-22)19-34(30(35)27-8-3-5-9-28(27)31)20-24-15-17-25(18-16-24)26-7-4-6-10-29(26)36(2)33-21-32/h3-18H,19-20H2,1-2H3. The number of carbonyl (C=O) groups excluding carboxylic acids is 1. The molecule has 36 heavy (non-hydrogen) atoms. The first-order chi connectivity index (χ1) is 17.5. The summed E-state index contributed by atoms with van der Waals surface area (Å²) >= 11 is 6.37. The zero-order valence-corrected chi connectivity index (χ0v) is 21.8. The molecule has 1 atom stereocenters. The topological polar surface area (TPSA) is 56.5 Å². The number of aryl methyl sites for hydroxylation is 1. The highest BCUT2D eigenvalue weighted by Gasteiger charge is 2.19. The van der Waals surface area contributed by atoms with Crippen LogP contribution in [0.25, 0.3) is 11.1 Å². The van der Waals surface area contributed by atoms with E-state index < -0.39 is 10.7 Å². The highest BCUT2D eigenvalue weighted by Crippen LogP contribution is 2.28. The number of hydrogen-bond acceptors (Lipinski definition) is 3. The van der Waals surface area contributed by atoms with Crippen molar-refractivity contribution in [3.8, 4) is 17.3 Å². The van der Waals surface area contributed by atoms with Crippen molar-refractivity contribution in [3.05, 3.63) is 124 Å². The second kappa shape index (κ2) is 11.8. The molecule has 0 aliphatic carbocycles. The van der Waals surface area contributed by atoms with Gasteiger partial charge in [0.15, 0.2) is 0 Å². The van der Waals surface area contributed by atoms with Crippen LogP contribution in [0.2, 0.25) is 5.02 Å². The number of amides is 1. The number of nitrogens with zero attached hydrogens (tertiary/aromatic N) is 3. The Balaban J connectivity index is 1.63. The third-order valence-corrected chi connectivity index (χ3v) is 7.58. The average Bonchev–Trinajstić information content (AvgIpc) is 2.90. The fourth-order valence-electron chi connectivity index (χ4n) is 4.00. The molecule has 0 spiro atoms. The molecule has 0 saturated carbocycles. The summed E-state index contributed by atoms with van der Waals surface area (Å²) in [6.45, 7) is 2.97. The molecular weight excluding hydrogens is 486 g/mol. The molecule has 4 aromatic carbocycles. The van der Waals surface area contributed by atoms with Gasteiger partial charge in [0, 0.05) is 18.0 Å². The molecule has 0 bridgehead atoms. The molecule has 1 unspecified atom stereocenters. The lowest BCUT2D eigenvalue weighted by molar-refractivity contribution is 0.0730. The van der Waals surface area contributed by atoms with E-state index in [0.717, 1.165) is 27.1 Å². The lowest BCUT2D eigenvalue weighted by atomic mass is 10.0. The van der Waals surface area contributed by atoms with Crippen molar-refractivity contribution in [2.75, 3.05) is 6.26 Å². The van der Waals surface area contributed by atoms with Crippen LogP contribution in [0, 0.1) is 18.4 Å². The van der Waals surface area contributed by atoms with Gasteiger partial charge in [0.2, 0.25) is 6.19 Å². The van der Waals surface area contributed by atoms with E-state index in [1.165, 1.54) is 5.56 Å². The molecule has 4 nitrogen and oxygen atoms in total. The van der Waals surface area contributed by atoms with Crippen LogP contribution in [0.1, 0.15) is 27.0 Å². The zero-order chi connectivity index (χ0) is 25.5. The second-order valence-electron chi connectivity index (χ2n) is 8.49. The largest absolute Gasteiger partial charge is 0.330 e.